The fourth-order valence-electron chi connectivity index (χ4n) is 1.61. The minimum atomic E-state index is 0.882. The Balaban J connectivity index is 2.44. The van der Waals surface area contributed by atoms with Crippen LogP contribution < -0.4 is 5.32 Å². The van der Waals surface area contributed by atoms with Crippen molar-refractivity contribution in [3.05, 3.63) is 23.7 Å². The van der Waals surface area contributed by atoms with E-state index >= 15 is 0 Å². The molecule has 86 valence electrons. The minimum Gasteiger partial charge on any atom is -0.468 e. The first-order valence-corrected chi connectivity index (χ1v) is 5.66. The van der Waals surface area contributed by atoms with E-state index in [0.717, 1.165) is 25.4 Å². The van der Waals surface area contributed by atoms with Crippen LogP contribution in [-0.4, -0.2) is 25.5 Å². The van der Waals surface area contributed by atoms with Gasteiger partial charge < -0.3 is 9.73 Å². The first-order chi connectivity index (χ1) is 7.27. The highest BCUT2D eigenvalue weighted by Gasteiger charge is 2.07. The number of nitrogens with zero attached hydrogens (tertiary/aromatic N) is 1. The lowest BCUT2D eigenvalue weighted by Gasteiger charge is -2.15. The first-order valence-electron chi connectivity index (χ1n) is 5.66. The van der Waals surface area contributed by atoms with Crippen molar-refractivity contribution in [1.29, 1.82) is 0 Å². The molecular weight excluding hydrogens is 188 g/mol. The molecule has 15 heavy (non-hydrogen) atoms. The summed E-state index contributed by atoms with van der Waals surface area (Å²) in [7, 11) is 4.10. The summed E-state index contributed by atoms with van der Waals surface area (Å²) in [5.41, 5.74) is 1.26. The molecule has 1 aromatic rings. The predicted octanol–water partition coefficient (Wildman–Crippen LogP) is 2.23. The van der Waals surface area contributed by atoms with E-state index in [1.165, 1.54) is 18.4 Å². The average molecular weight is 210 g/mol. The van der Waals surface area contributed by atoms with Crippen molar-refractivity contribution in [2.24, 2.45) is 0 Å². The van der Waals surface area contributed by atoms with Crippen LogP contribution in [0.15, 0.2) is 16.7 Å². The maximum atomic E-state index is 5.49. The van der Waals surface area contributed by atoms with Gasteiger partial charge in [-0.15, -0.1) is 0 Å². The number of nitrogens with one attached hydrogen (secondary N) is 1. The maximum absolute atomic E-state index is 5.49. The zero-order valence-corrected chi connectivity index (χ0v) is 10.0. The monoisotopic (exact) mass is 210 g/mol. The minimum absolute atomic E-state index is 0.882. The van der Waals surface area contributed by atoms with E-state index in [4.69, 9.17) is 4.42 Å². The molecule has 0 unspecified atom stereocenters. The topological polar surface area (TPSA) is 28.4 Å². The Bertz CT molecular complexity index is 270. The van der Waals surface area contributed by atoms with E-state index in [9.17, 15) is 0 Å². The van der Waals surface area contributed by atoms with Gasteiger partial charge in [0, 0.05) is 12.1 Å². The Morgan fingerprint density at radius 2 is 2.27 bits per heavy atom. The van der Waals surface area contributed by atoms with Crippen LogP contribution in [-0.2, 0) is 13.1 Å². The number of hydrogen-bond donors (Lipinski definition) is 1. The number of furan rings is 1. The molecule has 0 aliphatic carbocycles. The summed E-state index contributed by atoms with van der Waals surface area (Å²) in [5, 5.41) is 3.15. The molecule has 1 N–H and O–H groups in total. The zero-order valence-electron chi connectivity index (χ0n) is 10.0. The molecule has 1 aromatic heterocycles. The van der Waals surface area contributed by atoms with Crippen molar-refractivity contribution in [1.82, 2.24) is 10.2 Å². The van der Waals surface area contributed by atoms with Gasteiger partial charge in [0.25, 0.3) is 0 Å². The Kier molecular flexibility index (Phi) is 5.43. The summed E-state index contributed by atoms with van der Waals surface area (Å²) in [6.45, 7) is 5.14. The van der Waals surface area contributed by atoms with Crippen LogP contribution in [0.5, 0.6) is 0 Å². The van der Waals surface area contributed by atoms with Crippen molar-refractivity contribution >= 4 is 0 Å². The Morgan fingerprint density at radius 3 is 2.93 bits per heavy atom. The van der Waals surface area contributed by atoms with Crippen LogP contribution in [0.2, 0.25) is 0 Å². The number of rotatable bonds is 7. The lowest BCUT2D eigenvalue weighted by molar-refractivity contribution is 0.289. The molecule has 0 fully saturated rings. The molecular formula is C12H22N2O. The van der Waals surface area contributed by atoms with Crippen LogP contribution in [0.1, 0.15) is 31.1 Å². The molecule has 1 heterocycles. The quantitative estimate of drug-likeness (QED) is 0.748. The fraction of sp³-hybridized carbons (Fsp3) is 0.667. The summed E-state index contributed by atoms with van der Waals surface area (Å²) in [6, 6.07) is 2.04. The van der Waals surface area contributed by atoms with E-state index in [1.54, 1.807) is 6.26 Å². The molecule has 0 aliphatic heterocycles. The van der Waals surface area contributed by atoms with E-state index in [0.29, 0.717) is 0 Å². The van der Waals surface area contributed by atoms with Crippen LogP contribution in [0.4, 0.5) is 0 Å². The van der Waals surface area contributed by atoms with Crippen LogP contribution in [0.3, 0.4) is 0 Å². The largest absolute Gasteiger partial charge is 0.468 e. The third-order valence-corrected chi connectivity index (χ3v) is 2.51. The zero-order chi connectivity index (χ0) is 11.1. The second kappa shape index (κ2) is 6.64. The molecule has 3 nitrogen and oxygen atoms in total. The van der Waals surface area contributed by atoms with Gasteiger partial charge in [-0.1, -0.05) is 13.3 Å². The molecule has 0 saturated carbocycles. The van der Waals surface area contributed by atoms with Crippen molar-refractivity contribution in [3.63, 3.8) is 0 Å². The summed E-state index contributed by atoms with van der Waals surface area (Å²) in [5.74, 6) is 1.09. The molecule has 1 rings (SSSR count). The summed E-state index contributed by atoms with van der Waals surface area (Å²) in [6.07, 6.45) is 4.26. The van der Waals surface area contributed by atoms with E-state index in [1.807, 2.05) is 13.1 Å². The normalized spacial score (nSPS) is 11.2. The highest BCUT2D eigenvalue weighted by molar-refractivity contribution is 5.16. The second-order valence-corrected chi connectivity index (χ2v) is 3.99. The van der Waals surface area contributed by atoms with Gasteiger partial charge in [0.2, 0.25) is 0 Å². The fourth-order valence-corrected chi connectivity index (χ4v) is 1.61. The SMILES string of the molecule is CCCCN(C)Cc1occc1CNC. The highest BCUT2D eigenvalue weighted by Crippen LogP contribution is 2.12. The molecule has 0 amide bonds. The lowest BCUT2D eigenvalue weighted by atomic mass is 10.2. The summed E-state index contributed by atoms with van der Waals surface area (Å²) in [4.78, 5) is 2.31. The standard InChI is InChI=1S/C12H22N2O/c1-4-5-7-14(3)10-12-11(9-13-2)6-8-15-12/h6,8,13H,4-5,7,9-10H2,1-3H3. The van der Waals surface area contributed by atoms with E-state index < -0.39 is 0 Å². The van der Waals surface area contributed by atoms with Gasteiger partial charge in [-0.3, -0.25) is 4.90 Å². The van der Waals surface area contributed by atoms with Crippen LogP contribution >= 0.6 is 0 Å². The molecule has 0 bridgehead atoms. The highest BCUT2D eigenvalue weighted by atomic mass is 16.3. The van der Waals surface area contributed by atoms with Gasteiger partial charge in [-0.05, 0) is 33.1 Å². The molecule has 0 atom stereocenters. The van der Waals surface area contributed by atoms with Gasteiger partial charge in [-0.2, -0.15) is 0 Å². The third kappa shape index (κ3) is 4.06. The van der Waals surface area contributed by atoms with Crippen molar-refractivity contribution in [2.75, 3.05) is 20.6 Å². The Hall–Kier alpha value is -0.800. The average Bonchev–Trinajstić information content (AvgIpc) is 2.63. The molecule has 0 radical (unpaired) electrons. The Labute approximate surface area is 92.5 Å². The number of unbranched alkanes of at least 4 members (excludes halogenated alkanes) is 1. The second-order valence-electron chi connectivity index (χ2n) is 3.99. The molecule has 0 saturated heterocycles. The van der Waals surface area contributed by atoms with Gasteiger partial charge in [0.15, 0.2) is 0 Å². The van der Waals surface area contributed by atoms with Crippen molar-refractivity contribution < 1.29 is 4.42 Å². The predicted molar refractivity (Wildman–Crippen MR) is 62.7 cm³/mol. The van der Waals surface area contributed by atoms with Gasteiger partial charge in [-0.25, -0.2) is 0 Å². The lowest BCUT2D eigenvalue weighted by Crippen LogP contribution is -2.20. The van der Waals surface area contributed by atoms with Gasteiger partial charge in [0.1, 0.15) is 5.76 Å². The maximum Gasteiger partial charge on any atom is 0.122 e. The smallest absolute Gasteiger partial charge is 0.122 e. The Morgan fingerprint density at radius 1 is 1.47 bits per heavy atom. The third-order valence-electron chi connectivity index (χ3n) is 2.51. The molecule has 0 aliphatic rings. The molecule has 0 spiro atoms. The first kappa shape index (κ1) is 12.3. The van der Waals surface area contributed by atoms with Gasteiger partial charge in [0.05, 0.1) is 12.8 Å². The van der Waals surface area contributed by atoms with Crippen molar-refractivity contribution in [2.45, 2.75) is 32.9 Å². The van der Waals surface area contributed by atoms with Crippen molar-refractivity contribution in [3.8, 4) is 0 Å². The summed E-state index contributed by atoms with van der Waals surface area (Å²) < 4.78 is 5.49. The van der Waals surface area contributed by atoms with E-state index in [2.05, 4.69) is 24.2 Å². The number of hydrogen-bond acceptors (Lipinski definition) is 3. The van der Waals surface area contributed by atoms with Crippen LogP contribution in [0, 0.1) is 0 Å². The van der Waals surface area contributed by atoms with Gasteiger partial charge >= 0.3 is 0 Å². The van der Waals surface area contributed by atoms with E-state index in [-0.39, 0.29) is 0 Å². The summed E-state index contributed by atoms with van der Waals surface area (Å²) >= 11 is 0. The van der Waals surface area contributed by atoms with Crippen LogP contribution in [0.25, 0.3) is 0 Å². The molecule has 0 aromatic carbocycles. The molecule has 3 heteroatoms.